The fourth-order valence-corrected chi connectivity index (χ4v) is 1.89. The number of carboxylic acids is 1. The summed E-state index contributed by atoms with van der Waals surface area (Å²) in [5.41, 5.74) is 0. The van der Waals surface area contributed by atoms with Gasteiger partial charge in [-0.3, -0.25) is 9.69 Å². The van der Waals surface area contributed by atoms with Gasteiger partial charge >= 0.3 is 5.97 Å². The molecule has 0 saturated heterocycles. The molecule has 4 heteroatoms. The molecule has 1 N–H and O–H groups in total. The number of terminal acetylenes is 1. The topological polar surface area (TPSA) is 43.8 Å². The maximum atomic E-state index is 10.8. The Bertz CT molecular complexity index is 269. The van der Waals surface area contributed by atoms with Crippen LogP contribution in [0.1, 0.15) is 27.2 Å². The second-order valence-corrected chi connectivity index (χ2v) is 4.56. The zero-order valence-corrected chi connectivity index (χ0v) is 11.9. The first-order valence-corrected chi connectivity index (χ1v) is 6.66. The van der Waals surface area contributed by atoms with E-state index >= 15 is 0 Å². The highest BCUT2D eigenvalue weighted by atomic mass is 16.4. The molecule has 0 heterocycles. The predicted molar refractivity (Wildman–Crippen MR) is 74.5 cm³/mol. The van der Waals surface area contributed by atoms with Gasteiger partial charge in [-0.25, -0.2) is 0 Å². The van der Waals surface area contributed by atoms with Crippen LogP contribution in [-0.4, -0.2) is 60.1 Å². The molecule has 18 heavy (non-hydrogen) atoms. The maximum Gasteiger partial charge on any atom is 0.307 e. The number of rotatable bonds is 10. The molecule has 0 aliphatic heterocycles. The minimum absolute atomic E-state index is 0.369. The van der Waals surface area contributed by atoms with E-state index in [4.69, 9.17) is 11.5 Å². The lowest BCUT2D eigenvalue weighted by Crippen LogP contribution is -2.35. The first-order valence-electron chi connectivity index (χ1n) is 6.66. The standard InChI is InChI=1S/C14H26N2O2/c1-5-9-16(12-13(4)14(17)18)11-8-10-15(6-2)7-3/h1,13H,6-12H2,2-4H3,(H,17,18). The molecule has 0 aromatic carbocycles. The van der Waals surface area contributed by atoms with Gasteiger partial charge in [0, 0.05) is 13.1 Å². The first-order chi connectivity index (χ1) is 8.54. The summed E-state index contributed by atoms with van der Waals surface area (Å²) in [6.45, 7) is 11.1. The molecule has 0 amide bonds. The normalized spacial score (nSPS) is 12.7. The largest absolute Gasteiger partial charge is 0.481 e. The van der Waals surface area contributed by atoms with Crippen molar-refractivity contribution in [1.82, 2.24) is 9.80 Å². The van der Waals surface area contributed by atoms with Crippen LogP contribution in [0, 0.1) is 18.3 Å². The van der Waals surface area contributed by atoms with Crippen LogP contribution in [0.5, 0.6) is 0 Å². The molecule has 0 saturated carbocycles. The van der Waals surface area contributed by atoms with Crippen molar-refractivity contribution >= 4 is 5.97 Å². The Balaban J connectivity index is 4.04. The molecule has 1 unspecified atom stereocenters. The van der Waals surface area contributed by atoms with E-state index < -0.39 is 5.97 Å². The molecule has 0 aromatic rings. The average molecular weight is 254 g/mol. The van der Waals surface area contributed by atoms with Crippen molar-refractivity contribution in [3.05, 3.63) is 0 Å². The van der Waals surface area contributed by atoms with Crippen LogP contribution in [-0.2, 0) is 4.79 Å². The van der Waals surface area contributed by atoms with Crippen LogP contribution < -0.4 is 0 Å². The third-order valence-corrected chi connectivity index (χ3v) is 3.11. The lowest BCUT2D eigenvalue weighted by atomic mass is 10.1. The molecule has 0 aliphatic rings. The van der Waals surface area contributed by atoms with Gasteiger partial charge in [0.15, 0.2) is 0 Å². The van der Waals surface area contributed by atoms with E-state index in [2.05, 4.69) is 24.7 Å². The maximum absolute atomic E-state index is 10.8. The summed E-state index contributed by atoms with van der Waals surface area (Å²) in [4.78, 5) is 15.2. The van der Waals surface area contributed by atoms with Crippen LogP contribution in [0.15, 0.2) is 0 Å². The summed E-state index contributed by atoms with van der Waals surface area (Å²) in [6, 6.07) is 0. The van der Waals surface area contributed by atoms with Gasteiger partial charge in [-0.05, 0) is 26.1 Å². The Morgan fingerprint density at radius 3 is 2.28 bits per heavy atom. The highest BCUT2D eigenvalue weighted by Crippen LogP contribution is 2.02. The molecule has 104 valence electrons. The lowest BCUT2D eigenvalue weighted by molar-refractivity contribution is -0.141. The molecule has 0 aliphatic carbocycles. The molecule has 0 radical (unpaired) electrons. The third kappa shape index (κ3) is 7.31. The summed E-state index contributed by atoms with van der Waals surface area (Å²) >= 11 is 0. The van der Waals surface area contributed by atoms with Gasteiger partial charge in [0.2, 0.25) is 0 Å². The Hall–Kier alpha value is -1.05. The second-order valence-electron chi connectivity index (χ2n) is 4.56. The van der Waals surface area contributed by atoms with Crippen molar-refractivity contribution in [2.24, 2.45) is 5.92 Å². The summed E-state index contributed by atoms with van der Waals surface area (Å²) in [7, 11) is 0. The molecule has 1 atom stereocenters. The lowest BCUT2D eigenvalue weighted by Gasteiger charge is -2.24. The van der Waals surface area contributed by atoms with Crippen LogP contribution in [0.3, 0.4) is 0 Å². The van der Waals surface area contributed by atoms with Crippen LogP contribution in [0.2, 0.25) is 0 Å². The summed E-state index contributed by atoms with van der Waals surface area (Å²) in [6.07, 6.45) is 6.34. The van der Waals surface area contributed by atoms with Crippen molar-refractivity contribution < 1.29 is 9.90 Å². The minimum Gasteiger partial charge on any atom is -0.481 e. The number of hydrogen-bond acceptors (Lipinski definition) is 3. The van der Waals surface area contributed by atoms with Gasteiger partial charge in [-0.1, -0.05) is 26.7 Å². The van der Waals surface area contributed by atoms with E-state index in [1.54, 1.807) is 6.92 Å². The average Bonchev–Trinajstić information content (AvgIpc) is 2.34. The fraction of sp³-hybridized carbons (Fsp3) is 0.786. The molecule has 4 nitrogen and oxygen atoms in total. The molecular formula is C14H26N2O2. The number of hydrogen-bond donors (Lipinski definition) is 1. The van der Waals surface area contributed by atoms with Crippen LogP contribution >= 0.6 is 0 Å². The van der Waals surface area contributed by atoms with Gasteiger partial charge in [0.25, 0.3) is 0 Å². The number of carbonyl (C=O) groups is 1. The molecule has 0 rings (SSSR count). The zero-order valence-electron chi connectivity index (χ0n) is 11.9. The molecule has 0 bridgehead atoms. The summed E-state index contributed by atoms with van der Waals surface area (Å²) in [5, 5.41) is 8.90. The number of carboxylic acid groups (broad SMARTS) is 1. The second kappa shape index (κ2) is 9.93. The van der Waals surface area contributed by atoms with Gasteiger partial charge in [0.1, 0.15) is 0 Å². The molecule has 0 spiro atoms. The predicted octanol–water partition coefficient (Wildman–Crippen LogP) is 1.37. The highest BCUT2D eigenvalue weighted by molar-refractivity contribution is 5.69. The Morgan fingerprint density at radius 2 is 1.83 bits per heavy atom. The van der Waals surface area contributed by atoms with E-state index in [1.807, 2.05) is 4.90 Å². The zero-order chi connectivity index (χ0) is 14.0. The SMILES string of the molecule is C#CCN(CCCN(CC)CC)CC(C)C(=O)O. The third-order valence-electron chi connectivity index (χ3n) is 3.11. The van der Waals surface area contributed by atoms with Crippen molar-refractivity contribution in [3.63, 3.8) is 0 Å². The first kappa shape index (κ1) is 16.9. The van der Waals surface area contributed by atoms with E-state index in [0.29, 0.717) is 13.1 Å². The Labute approximate surface area is 111 Å². The van der Waals surface area contributed by atoms with Gasteiger partial charge in [-0.2, -0.15) is 0 Å². The van der Waals surface area contributed by atoms with Crippen molar-refractivity contribution in [1.29, 1.82) is 0 Å². The molecular weight excluding hydrogens is 228 g/mol. The fourth-order valence-electron chi connectivity index (χ4n) is 1.89. The van der Waals surface area contributed by atoms with Crippen molar-refractivity contribution in [2.45, 2.75) is 27.2 Å². The smallest absolute Gasteiger partial charge is 0.307 e. The summed E-state index contributed by atoms with van der Waals surface area (Å²) < 4.78 is 0. The van der Waals surface area contributed by atoms with Gasteiger partial charge < -0.3 is 10.0 Å². The van der Waals surface area contributed by atoms with Crippen molar-refractivity contribution in [3.8, 4) is 12.3 Å². The van der Waals surface area contributed by atoms with Crippen LogP contribution in [0.25, 0.3) is 0 Å². The number of aliphatic carboxylic acids is 1. The highest BCUT2D eigenvalue weighted by Gasteiger charge is 2.15. The number of nitrogens with zero attached hydrogens (tertiary/aromatic N) is 2. The monoisotopic (exact) mass is 254 g/mol. The van der Waals surface area contributed by atoms with Crippen molar-refractivity contribution in [2.75, 3.05) is 39.3 Å². The van der Waals surface area contributed by atoms with Crippen LogP contribution in [0.4, 0.5) is 0 Å². The van der Waals surface area contributed by atoms with E-state index in [1.165, 1.54) is 0 Å². The quantitative estimate of drug-likeness (QED) is 0.598. The summed E-state index contributed by atoms with van der Waals surface area (Å²) in [5.74, 6) is 1.47. The van der Waals surface area contributed by atoms with Gasteiger partial charge in [0.05, 0.1) is 12.5 Å². The van der Waals surface area contributed by atoms with E-state index in [0.717, 1.165) is 32.6 Å². The molecule has 0 aromatic heterocycles. The van der Waals surface area contributed by atoms with E-state index in [-0.39, 0.29) is 5.92 Å². The Kier molecular flexibility index (Phi) is 9.35. The minimum atomic E-state index is -0.763. The Morgan fingerprint density at radius 1 is 1.28 bits per heavy atom. The van der Waals surface area contributed by atoms with E-state index in [9.17, 15) is 4.79 Å². The van der Waals surface area contributed by atoms with Gasteiger partial charge in [-0.15, -0.1) is 6.42 Å². The molecule has 0 fully saturated rings.